The van der Waals surface area contributed by atoms with Crippen molar-refractivity contribution in [2.24, 2.45) is 0 Å². The van der Waals surface area contributed by atoms with Crippen LogP contribution in [0.3, 0.4) is 0 Å². The van der Waals surface area contributed by atoms with Gasteiger partial charge in [0.2, 0.25) is 0 Å². The summed E-state index contributed by atoms with van der Waals surface area (Å²) >= 11 is 0. The van der Waals surface area contributed by atoms with Crippen LogP contribution in [-0.2, 0) is 9.59 Å². The molecule has 0 bridgehead atoms. The van der Waals surface area contributed by atoms with Crippen molar-refractivity contribution in [1.29, 1.82) is 0 Å². The van der Waals surface area contributed by atoms with E-state index >= 15 is 0 Å². The second-order valence-electron chi connectivity index (χ2n) is 3.83. The smallest absolute Gasteiger partial charge is 0.323 e. The van der Waals surface area contributed by atoms with E-state index in [1.807, 2.05) is 0 Å². The summed E-state index contributed by atoms with van der Waals surface area (Å²) in [6.07, 6.45) is 1.43. The molecule has 1 aromatic heterocycles. The number of hydrogen-bond donors (Lipinski definition) is 3. The van der Waals surface area contributed by atoms with E-state index in [1.54, 1.807) is 19.1 Å². The topological polar surface area (TPSA) is 120 Å². The second kappa shape index (κ2) is 6.43. The maximum atomic E-state index is 11.8. The number of amides is 2. The standard InChI is InChI=1S/C11H14N2O6/c1-7(8-3-2-4-19-8)12-11(18)13(5-9(14)15)6-10(16)17/h2-4,7H,5-6H2,1H3,(H,12,18)(H,14,15)(H,16,17). The molecule has 0 aliphatic carbocycles. The molecular formula is C11H14N2O6. The number of aliphatic carboxylic acids is 2. The van der Waals surface area contributed by atoms with E-state index in [0.717, 1.165) is 0 Å². The third kappa shape index (κ3) is 4.70. The molecule has 0 aliphatic rings. The Morgan fingerprint density at radius 1 is 1.32 bits per heavy atom. The minimum atomic E-state index is -1.29. The zero-order valence-corrected chi connectivity index (χ0v) is 10.2. The van der Waals surface area contributed by atoms with E-state index in [-0.39, 0.29) is 0 Å². The molecule has 1 rings (SSSR count). The molecule has 1 atom stereocenters. The van der Waals surface area contributed by atoms with Crippen LogP contribution in [0.25, 0.3) is 0 Å². The Morgan fingerprint density at radius 2 is 1.89 bits per heavy atom. The van der Waals surface area contributed by atoms with E-state index in [9.17, 15) is 14.4 Å². The molecule has 0 saturated carbocycles. The highest BCUT2D eigenvalue weighted by atomic mass is 16.4. The minimum Gasteiger partial charge on any atom is -0.480 e. The van der Waals surface area contributed by atoms with E-state index in [1.165, 1.54) is 6.26 Å². The molecule has 0 radical (unpaired) electrons. The van der Waals surface area contributed by atoms with Crippen LogP contribution in [0.5, 0.6) is 0 Å². The first-order valence-corrected chi connectivity index (χ1v) is 5.42. The summed E-state index contributed by atoms with van der Waals surface area (Å²) in [5.74, 6) is -2.09. The van der Waals surface area contributed by atoms with Gasteiger partial charge in [0.15, 0.2) is 0 Å². The number of nitrogens with zero attached hydrogens (tertiary/aromatic N) is 1. The Kier molecular flexibility index (Phi) is 4.92. The van der Waals surface area contributed by atoms with Crippen molar-refractivity contribution in [2.75, 3.05) is 13.1 Å². The first kappa shape index (κ1) is 14.6. The number of rotatable bonds is 6. The number of nitrogens with one attached hydrogen (secondary N) is 1. The number of furan rings is 1. The largest absolute Gasteiger partial charge is 0.480 e. The molecule has 1 unspecified atom stereocenters. The van der Waals surface area contributed by atoms with Crippen LogP contribution < -0.4 is 5.32 Å². The summed E-state index contributed by atoms with van der Waals surface area (Å²) in [6.45, 7) is 0.252. The average Bonchev–Trinajstić information content (AvgIpc) is 2.79. The Labute approximate surface area is 108 Å². The van der Waals surface area contributed by atoms with Crippen molar-refractivity contribution in [2.45, 2.75) is 13.0 Å². The fourth-order valence-corrected chi connectivity index (χ4v) is 1.41. The molecule has 3 N–H and O–H groups in total. The number of carbonyl (C=O) groups excluding carboxylic acids is 1. The van der Waals surface area contributed by atoms with E-state index in [0.29, 0.717) is 10.7 Å². The van der Waals surface area contributed by atoms with Gasteiger partial charge in [-0.2, -0.15) is 0 Å². The van der Waals surface area contributed by atoms with Crippen molar-refractivity contribution in [3.63, 3.8) is 0 Å². The van der Waals surface area contributed by atoms with Gasteiger partial charge in [0.25, 0.3) is 0 Å². The molecule has 0 saturated heterocycles. The van der Waals surface area contributed by atoms with Gasteiger partial charge in [0, 0.05) is 0 Å². The summed E-state index contributed by atoms with van der Waals surface area (Å²) < 4.78 is 5.07. The van der Waals surface area contributed by atoms with Gasteiger partial charge in [0.05, 0.1) is 12.3 Å². The normalized spacial score (nSPS) is 11.6. The quantitative estimate of drug-likeness (QED) is 0.693. The van der Waals surface area contributed by atoms with Crippen LogP contribution in [0, 0.1) is 0 Å². The third-order valence-corrected chi connectivity index (χ3v) is 2.25. The Hall–Kier alpha value is -2.51. The van der Waals surface area contributed by atoms with Gasteiger partial charge in [-0.3, -0.25) is 9.59 Å². The molecule has 19 heavy (non-hydrogen) atoms. The van der Waals surface area contributed by atoms with Gasteiger partial charge in [-0.1, -0.05) is 0 Å². The summed E-state index contributed by atoms with van der Waals surface area (Å²) in [4.78, 5) is 33.6. The molecule has 8 heteroatoms. The lowest BCUT2D eigenvalue weighted by Gasteiger charge is -2.21. The monoisotopic (exact) mass is 270 g/mol. The molecule has 0 fully saturated rings. The first-order valence-electron chi connectivity index (χ1n) is 5.42. The number of carboxylic acid groups (broad SMARTS) is 2. The molecule has 0 aliphatic heterocycles. The third-order valence-electron chi connectivity index (χ3n) is 2.25. The van der Waals surface area contributed by atoms with Gasteiger partial charge in [-0.15, -0.1) is 0 Å². The summed E-state index contributed by atoms with van der Waals surface area (Å²) in [5.41, 5.74) is 0. The highest BCUT2D eigenvalue weighted by molar-refractivity contribution is 5.84. The number of carbonyl (C=O) groups is 3. The predicted octanol–water partition coefficient (Wildman–Crippen LogP) is 0.521. The Bertz CT molecular complexity index is 440. The fraction of sp³-hybridized carbons (Fsp3) is 0.364. The summed E-state index contributed by atoms with van der Waals surface area (Å²) in [7, 11) is 0. The second-order valence-corrected chi connectivity index (χ2v) is 3.83. The SMILES string of the molecule is CC(NC(=O)N(CC(=O)O)CC(=O)O)c1ccco1. The van der Waals surface area contributed by atoms with Crippen LogP contribution in [0.1, 0.15) is 18.7 Å². The van der Waals surface area contributed by atoms with Gasteiger partial charge >= 0.3 is 18.0 Å². The average molecular weight is 270 g/mol. The van der Waals surface area contributed by atoms with Crippen LogP contribution >= 0.6 is 0 Å². The van der Waals surface area contributed by atoms with Crippen molar-refractivity contribution < 1.29 is 29.0 Å². The van der Waals surface area contributed by atoms with Gasteiger partial charge in [-0.05, 0) is 19.1 Å². The minimum absolute atomic E-state index is 0.485. The molecular weight excluding hydrogens is 256 g/mol. The van der Waals surface area contributed by atoms with E-state index in [2.05, 4.69) is 5.32 Å². The molecule has 0 spiro atoms. The molecule has 1 heterocycles. The van der Waals surface area contributed by atoms with E-state index < -0.39 is 37.1 Å². The maximum absolute atomic E-state index is 11.8. The lowest BCUT2D eigenvalue weighted by molar-refractivity contribution is -0.140. The van der Waals surface area contributed by atoms with Crippen molar-refractivity contribution >= 4 is 18.0 Å². The number of urea groups is 1. The molecule has 0 aromatic carbocycles. The predicted molar refractivity (Wildman–Crippen MR) is 62.5 cm³/mol. The molecule has 2 amide bonds. The lowest BCUT2D eigenvalue weighted by Crippen LogP contribution is -2.45. The van der Waals surface area contributed by atoms with Crippen LogP contribution in [0.4, 0.5) is 4.79 Å². The zero-order chi connectivity index (χ0) is 14.4. The van der Waals surface area contributed by atoms with Gasteiger partial charge < -0.3 is 24.8 Å². The zero-order valence-electron chi connectivity index (χ0n) is 10.2. The molecule has 8 nitrogen and oxygen atoms in total. The Balaban J connectivity index is 2.65. The van der Waals surface area contributed by atoms with E-state index in [4.69, 9.17) is 14.6 Å². The molecule has 104 valence electrons. The van der Waals surface area contributed by atoms with Crippen LogP contribution in [-0.4, -0.2) is 46.2 Å². The van der Waals surface area contributed by atoms with Crippen molar-refractivity contribution in [1.82, 2.24) is 10.2 Å². The molecule has 1 aromatic rings. The fourth-order valence-electron chi connectivity index (χ4n) is 1.41. The highest BCUT2D eigenvalue weighted by Crippen LogP contribution is 2.12. The highest BCUT2D eigenvalue weighted by Gasteiger charge is 2.22. The van der Waals surface area contributed by atoms with Crippen molar-refractivity contribution in [3.05, 3.63) is 24.2 Å². The first-order chi connectivity index (χ1) is 8.90. The maximum Gasteiger partial charge on any atom is 0.323 e. The summed E-state index contributed by atoms with van der Waals surface area (Å²) in [5, 5.41) is 19.7. The number of hydrogen-bond acceptors (Lipinski definition) is 4. The van der Waals surface area contributed by atoms with Gasteiger partial charge in [0.1, 0.15) is 18.8 Å². The van der Waals surface area contributed by atoms with Crippen molar-refractivity contribution in [3.8, 4) is 0 Å². The lowest BCUT2D eigenvalue weighted by atomic mass is 10.2. The number of carboxylic acids is 2. The summed E-state index contributed by atoms with van der Waals surface area (Å²) in [6, 6.07) is 2.01. The van der Waals surface area contributed by atoms with Gasteiger partial charge in [-0.25, -0.2) is 4.79 Å². The van der Waals surface area contributed by atoms with Crippen LogP contribution in [0.2, 0.25) is 0 Å². The Morgan fingerprint density at radius 3 is 2.32 bits per heavy atom. The van der Waals surface area contributed by atoms with Crippen LogP contribution in [0.15, 0.2) is 22.8 Å².